The molecule has 0 saturated carbocycles. The zero-order valence-electron chi connectivity index (χ0n) is 11.1. The van der Waals surface area contributed by atoms with Crippen LogP contribution in [0.4, 0.5) is 0 Å². The minimum Gasteiger partial charge on any atom is -0.480 e. The molecule has 1 aromatic rings. The summed E-state index contributed by atoms with van der Waals surface area (Å²) in [7, 11) is 1.89. The number of benzene rings is 1. The molecule has 1 N–H and O–H groups in total. The Hall–Kier alpha value is -0.980. The number of aliphatic carboxylic acids is 1. The van der Waals surface area contributed by atoms with Crippen LogP contribution in [-0.4, -0.2) is 57.0 Å². The standard InChI is InChI=1S/C14H16N2O2S2/c1-16-11(14(17)18)8-20-13(16)10-7-19-12(15-10)9-5-3-2-4-6-9/h2-6,10-11,13H,7-8H2,1H3,(H,17,18)/t10?,11-,13+/m1/s1. The number of aliphatic imine (C=N–C) groups is 1. The van der Waals surface area contributed by atoms with Crippen LogP contribution in [0.25, 0.3) is 0 Å². The molecule has 20 heavy (non-hydrogen) atoms. The first-order valence-electron chi connectivity index (χ1n) is 6.49. The topological polar surface area (TPSA) is 52.9 Å². The molecule has 1 aromatic carbocycles. The molecule has 2 aliphatic heterocycles. The van der Waals surface area contributed by atoms with Crippen molar-refractivity contribution in [3.8, 4) is 0 Å². The van der Waals surface area contributed by atoms with Crippen molar-refractivity contribution in [2.24, 2.45) is 4.99 Å². The SMILES string of the molecule is CN1[C@@H](C(=O)O)CS[C@H]1C1CSC(c2ccccc2)=N1. The Labute approximate surface area is 126 Å². The molecule has 2 aliphatic rings. The molecule has 4 nitrogen and oxygen atoms in total. The van der Waals surface area contributed by atoms with Crippen LogP contribution >= 0.6 is 23.5 Å². The molecule has 1 saturated heterocycles. The highest BCUT2D eigenvalue weighted by molar-refractivity contribution is 8.14. The molecule has 3 rings (SSSR count). The van der Waals surface area contributed by atoms with Gasteiger partial charge >= 0.3 is 5.97 Å². The number of hydrogen-bond acceptors (Lipinski definition) is 5. The average molecular weight is 308 g/mol. The van der Waals surface area contributed by atoms with Gasteiger partial charge in [0.2, 0.25) is 0 Å². The Morgan fingerprint density at radius 2 is 2.10 bits per heavy atom. The summed E-state index contributed by atoms with van der Waals surface area (Å²) in [6, 6.07) is 9.96. The molecule has 0 aromatic heterocycles. The molecular weight excluding hydrogens is 292 g/mol. The van der Waals surface area contributed by atoms with Crippen molar-refractivity contribution < 1.29 is 9.90 Å². The van der Waals surface area contributed by atoms with E-state index in [1.54, 1.807) is 23.5 Å². The van der Waals surface area contributed by atoms with Crippen molar-refractivity contribution in [1.82, 2.24) is 4.90 Å². The Kier molecular flexibility index (Phi) is 4.05. The van der Waals surface area contributed by atoms with E-state index in [2.05, 4.69) is 12.1 Å². The maximum absolute atomic E-state index is 11.2. The fourth-order valence-corrected chi connectivity index (χ4v) is 5.24. The van der Waals surface area contributed by atoms with E-state index in [4.69, 9.17) is 4.99 Å². The van der Waals surface area contributed by atoms with Crippen LogP contribution in [0.5, 0.6) is 0 Å². The average Bonchev–Trinajstić information content (AvgIpc) is 3.06. The van der Waals surface area contributed by atoms with Crippen LogP contribution in [0.3, 0.4) is 0 Å². The highest BCUT2D eigenvalue weighted by Gasteiger charge is 2.41. The van der Waals surface area contributed by atoms with Crippen LogP contribution in [0, 0.1) is 0 Å². The predicted octanol–water partition coefficient (Wildman–Crippen LogP) is 2.01. The molecule has 0 radical (unpaired) electrons. The van der Waals surface area contributed by atoms with E-state index in [0.717, 1.165) is 16.4 Å². The second kappa shape index (κ2) is 5.79. The van der Waals surface area contributed by atoms with E-state index in [1.807, 2.05) is 30.1 Å². The summed E-state index contributed by atoms with van der Waals surface area (Å²) in [5.74, 6) is 0.840. The maximum atomic E-state index is 11.2. The van der Waals surface area contributed by atoms with Crippen molar-refractivity contribution in [3.05, 3.63) is 35.9 Å². The molecule has 1 unspecified atom stereocenters. The number of hydrogen-bond donors (Lipinski definition) is 1. The molecule has 0 aliphatic carbocycles. The lowest BCUT2D eigenvalue weighted by Crippen LogP contribution is -2.42. The first kappa shape index (κ1) is 14.0. The monoisotopic (exact) mass is 308 g/mol. The van der Waals surface area contributed by atoms with Gasteiger partial charge in [0, 0.05) is 17.1 Å². The number of rotatable bonds is 3. The molecule has 0 amide bonds. The van der Waals surface area contributed by atoms with Crippen LogP contribution < -0.4 is 0 Å². The van der Waals surface area contributed by atoms with E-state index < -0.39 is 5.97 Å². The molecule has 3 atom stereocenters. The molecular formula is C14H16N2O2S2. The van der Waals surface area contributed by atoms with Crippen molar-refractivity contribution in [3.63, 3.8) is 0 Å². The first-order valence-corrected chi connectivity index (χ1v) is 8.52. The van der Waals surface area contributed by atoms with Crippen molar-refractivity contribution >= 4 is 34.5 Å². The van der Waals surface area contributed by atoms with E-state index in [-0.39, 0.29) is 17.5 Å². The van der Waals surface area contributed by atoms with E-state index in [0.29, 0.717) is 5.75 Å². The second-order valence-electron chi connectivity index (χ2n) is 4.92. The van der Waals surface area contributed by atoms with Crippen molar-refractivity contribution in [2.75, 3.05) is 18.6 Å². The normalized spacial score (nSPS) is 30.4. The predicted molar refractivity (Wildman–Crippen MR) is 84.7 cm³/mol. The minimum atomic E-state index is -0.736. The summed E-state index contributed by atoms with van der Waals surface area (Å²) in [4.78, 5) is 17.9. The molecule has 2 heterocycles. The van der Waals surface area contributed by atoms with E-state index in [9.17, 15) is 9.90 Å². The molecule has 6 heteroatoms. The van der Waals surface area contributed by atoms with Gasteiger partial charge in [-0.05, 0) is 7.05 Å². The summed E-state index contributed by atoms with van der Waals surface area (Å²) in [6.07, 6.45) is 0. The van der Waals surface area contributed by atoms with Gasteiger partial charge in [0.1, 0.15) is 6.04 Å². The fraction of sp³-hybridized carbons (Fsp3) is 0.429. The van der Waals surface area contributed by atoms with Gasteiger partial charge in [-0.2, -0.15) is 0 Å². The number of likely N-dealkylation sites (N-methyl/N-ethyl adjacent to an activating group) is 1. The Balaban J connectivity index is 1.74. The largest absolute Gasteiger partial charge is 0.480 e. The maximum Gasteiger partial charge on any atom is 0.321 e. The van der Waals surface area contributed by atoms with E-state index >= 15 is 0 Å². The summed E-state index contributed by atoms with van der Waals surface area (Å²) in [5.41, 5.74) is 1.15. The highest BCUT2D eigenvalue weighted by atomic mass is 32.2. The van der Waals surface area contributed by atoms with Crippen LogP contribution in [0.2, 0.25) is 0 Å². The smallest absolute Gasteiger partial charge is 0.321 e. The lowest BCUT2D eigenvalue weighted by Gasteiger charge is -2.24. The highest BCUT2D eigenvalue weighted by Crippen LogP contribution is 2.36. The minimum absolute atomic E-state index is 0.171. The zero-order valence-corrected chi connectivity index (χ0v) is 12.7. The fourth-order valence-electron chi connectivity index (χ4n) is 2.50. The number of carbonyl (C=O) groups is 1. The van der Waals surface area contributed by atoms with Gasteiger partial charge in [0.15, 0.2) is 0 Å². The van der Waals surface area contributed by atoms with Crippen LogP contribution in [0.1, 0.15) is 5.56 Å². The van der Waals surface area contributed by atoms with Crippen molar-refractivity contribution in [2.45, 2.75) is 17.5 Å². The molecule has 0 spiro atoms. The number of carboxylic acid groups (broad SMARTS) is 1. The molecule has 1 fully saturated rings. The number of carboxylic acids is 1. The van der Waals surface area contributed by atoms with Crippen LogP contribution in [-0.2, 0) is 4.79 Å². The van der Waals surface area contributed by atoms with Gasteiger partial charge in [-0.25, -0.2) is 0 Å². The van der Waals surface area contributed by atoms with Crippen molar-refractivity contribution in [1.29, 1.82) is 0 Å². The third-order valence-corrected chi connectivity index (χ3v) is 6.25. The lowest BCUT2D eigenvalue weighted by molar-refractivity contribution is -0.141. The quantitative estimate of drug-likeness (QED) is 0.926. The van der Waals surface area contributed by atoms with Gasteiger partial charge in [-0.1, -0.05) is 30.3 Å². The first-order chi connectivity index (χ1) is 9.66. The summed E-state index contributed by atoms with van der Waals surface area (Å²) in [5, 5.41) is 10.4. The number of nitrogens with zero attached hydrogens (tertiary/aromatic N) is 2. The zero-order chi connectivity index (χ0) is 14.1. The van der Waals surface area contributed by atoms with Gasteiger partial charge in [-0.15, -0.1) is 23.5 Å². The summed E-state index contributed by atoms with van der Waals surface area (Å²) >= 11 is 3.47. The van der Waals surface area contributed by atoms with Gasteiger partial charge < -0.3 is 5.11 Å². The number of thioether (sulfide) groups is 2. The van der Waals surface area contributed by atoms with E-state index in [1.165, 1.54) is 0 Å². The van der Waals surface area contributed by atoms with Gasteiger partial charge in [0.05, 0.1) is 16.5 Å². The van der Waals surface area contributed by atoms with Gasteiger partial charge in [-0.3, -0.25) is 14.7 Å². The lowest BCUT2D eigenvalue weighted by atomic mass is 10.2. The second-order valence-corrected chi connectivity index (χ2v) is 7.08. The van der Waals surface area contributed by atoms with Gasteiger partial charge in [0.25, 0.3) is 0 Å². The molecule has 0 bridgehead atoms. The Morgan fingerprint density at radius 1 is 1.35 bits per heavy atom. The third-order valence-electron chi connectivity index (χ3n) is 3.63. The van der Waals surface area contributed by atoms with Crippen LogP contribution in [0.15, 0.2) is 35.3 Å². The summed E-state index contributed by atoms with van der Waals surface area (Å²) in [6.45, 7) is 0. The third kappa shape index (κ3) is 2.60. The Morgan fingerprint density at radius 3 is 2.75 bits per heavy atom. The Bertz CT molecular complexity index is 535. The summed E-state index contributed by atoms with van der Waals surface area (Å²) < 4.78 is 0. The molecule has 106 valence electrons.